The van der Waals surface area contributed by atoms with E-state index in [1.54, 1.807) is 12.1 Å². The highest BCUT2D eigenvalue weighted by atomic mass is 32.2. The molecule has 0 aliphatic rings. The molecule has 0 bridgehead atoms. The summed E-state index contributed by atoms with van der Waals surface area (Å²) in [6.07, 6.45) is 0.493. The summed E-state index contributed by atoms with van der Waals surface area (Å²) in [6, 6.07) is 5.25. The number of benzene rings is 1. The molecule has 0 atom stereocenters. The Morgan fingerprint density at radius 1 is 1.33 bits per heavy atom. The second-order valence-corrected chi connectivity index (χ2v) is 6.34. The van der Waals surface area contributed by atoms with Crippen molar-refractivity contribution < 1.29 is 22.7 Å². The summed E-state index contributed by atoms with van der Waals surface area (Å²) < 4.78 is 34.8. The maximum atomic E-state index is 12.0. The maximum absolute atomic E-state index is 12.0. The summed E-state index contributed by atoms with van der Waals surface area (Å²) in [4.78, 5) is 11.0. The van der Waals surface area contributed by atoms with Crippen LogP contribution in [0.1, 0.15) is 5.56 Å². The Morgan fingerprint density at radius 2 is 2.00 bits per heavy atom. The molecule has 0 radical (unpaired) electrons. The first-order valence-electron chi connectivity index (χ1n) is 6.23. The van der Waals surface area contributed by atoms with E-state index in [2.05, 4.69) is 10.1 Å². The molecule has 0 saturated carbocycles. The van der Waals surface area contributed by atoms with Crippen molar-refractivity contribution in [1.82, 2.24) is 5.32 Å². The van der Waals surface area contributed by atoms with Gasteiger partial charge in [0.1, 0.15) is 5.75 Å². The predicted octanol–water partition coefficient (Wildman–Crippen LogP) is 1.13. The van der Waals surface area contributed by atoms with Gasteiger partial charge in [-0.15, -0.1) is 0 Å². The molecule has 8 heteroatoms. The van der Waals surface area contributed by atoms with Gasteiger partial charge >= 0.3 is 6.09 Å². The number of anilines is 1. The van der Waals surface area contributed by atoms with Crippen molar-refractivity contribution in [2.75, 3.05) is 37.9 Å². The number of aryl methyl sites for hydroxylation is 1. The number of nitrogens with zero attached hydrogens (tertiary/aromatic N) is 1. The van der Waals surface area contributed by atoms with E-state index in [-0.39, 0.29) is 13.1 Å². The van der Waals surface area contributed by atoms with Crippen molar-refractivity contribution in [3.8, 4) is 5.75 Å². The lowest BCUT2D eigenvalue weighted by Crippen LogP contribution is -2.38. The van der Waals surface area contributed by atoms with E-state index < -0.39 is 16.1 Å². The minimum Gasteiger partial charge on any atom is -0.495 e. The van der Waals surface area contributed by atoms with Gasteiger partial charge in [0.25, 0.3) is 0 Å². The van der Waals surface area contributed by atoms with Crippen LogP contribution in [-0.4, -0.2) is 48.1 Å². The Hall–Kier alpha value is -1.96. The Kier molecular flexibility index (Phi) is 5.83. The molecule has 21 heavy (non-hydrogen) atoms. The molecule has 118 valence electrons. The topological polar surface area (TPSA) is 84.9 Å². The van der Waals surface area contributed by atoms with Gasteiger partial charge in [0.15, 0.2) is 0 Å². The van der Waals surface area contributed by atoms with Crippen LogP contribution in [0.5, 0.6) is 5.75 Å². The van der Waals surface area contributed by atoms with E-state index in [9.17, 15) is 13.2 Å². The van der Waals surface area contributed by atoms with Crippen LogP contribution in [0.3, 0.4) is 0 Å². The van der Waals surface area contributed by atoms with Crippen molar-refractivity contribution in [3.05, 3.63) is 23.8 Å². The SMILES string of the molecule is COC(=O)NCCN(c1cc(C)ccc1OC)S(C)(=O)=O. The number of nitrogens with one attached hydrogen (secondary N) is 1. The van der Waals surface area contributed by atoms with Gasteiger partial charge in [-0.25, -0.2) is 13.2 Å². The molecule has 1 amide bonds. The zero-order valence-corrected chi connectivity index (χ0v) is 13.4. The highest BCUT2D eigenvalue weighted by Gasteiger charge is 2.21. The van der Waals surface area contributed by atoms with E-state index in [1.807, 2.05) is 13.0 Å². The average Bonchev–Trinajstić information content (AvgIpc) is 2.41. The maximum Gasteiger partial charge on any atom is 0.406 e. The van der Waals surface area contributed by atoms with E-state index in [0.717, 1.165) is 11.8 Å². The fourth-order valence-corrected chi connectivity index (χ4v) is 2.71. The number of methoxy groups -OCH3 is 2. The van der Waals surface area contributed by atoms with E-state index in [4.69, 9.17) is 4.74 Å². The molecule has 0 unspecified atom stereocenters. The molecule has 7 nitrogen and oxygen atoms in total. The second kappa shape index (κ2) is 7.16. The van der Waals surface area contributed by atoms with Crippen molar-refractivity contribution in [1.29, 1.82) is 0 Å². The number of hydrogen-bond acceptors (Lipinski definition) is 5. The summed E-state index contributed by atoms with van der Waals surface area (Å²) in [5.74, 6) is 0.448. The zero-order valence-electron chi connectivity index (χ0n) is 12.5. The first-order valence-corrected chi connectivity index (χ1v) is 8.08. The van der Waals surface area contributed by atoms with Gasteiger partial charge in [-0.05, 0) is 24.6 Å². The molecule has 0 fully saturated rings. The van der Waals surface area contributed by atoms with Crippen molar-refractivity contribution in [3.63, 3.8) is 0 Å². The first-order chi connectivity index (χ1) is 9.79. The number of ether oxygens (including phenoxy) is 2. The van der Waals surface area contributed by atoms with Gasteiger partial charge < -0.3 is 14.8 Å². The van der Waals surface area contributed by atoms with Crippen LogP contribution in [0.2, 0.25) is 0 Å². The number of amides is 1. The third-order valence-corrected chi connectivity index (χ3v) is 3.95. The Bertz CT molecular complexity index is 601. The Labute approximate surface area is 124 Å². The number of alkyl carbamates (subject to hydrolysis) is 1. The number of hydrogen-bond donors (Lipinski definition) is 1. The van der Waals surface area contributed by atoms with Crippen molar-refractivity contribution in [2.45, 2.75) is 6.92 Å². The van der Waals surface area contributed by atoms with Gasteiger partial charge in [0.05, 0.1) is 32.7 Å². The number of rotatable bonds is 6. The molecule has 0 aromatic heterocycles. The molecule has 0 aliphatic carbocycles. The highest BCUT2D eigenvalue weighted by Crippen LogP contribution is 2.30. The van der Waals surface area contributed by atoms with Crippen molar-refractivity contribution >= 4 is 21.8 Å². The minimum atomic E-state index is -3.51. The van der Waals surface area contributed by atoms with Gasteiger partial charge in [0.2, 0.25) is 10.0 Å². The van der Waals surface area contributed by atoms with Crippen LogP contribution in [0.15, 0.2) is 18.2 Å². The second-order valence-electron chi connectivity index (χ2n) is 4.43. The van der Waals surface area contributed by atoms with Crippen molar-refractivity contribution in [2.24, 2.45) is 0 Å². The molecule has 1 aromatic rings. The van der Waals surface area contributed by atoms with Gasteiger partial charge in [-0.2, -0.15) is 0 Å². The van der Waals surface area contributed by atoms with Crippen LogP contribution in [-0.2, 0) is 14.8 Å². The molecule has 0 heterocycles. The van der Waals surface area contributed by atoms with Gasteiger partial charge in [-0.1, -0.05) is 6.07 Å². The van der Waals surface area contributed by atoms with Crippen LogP contribution in [0, 0.1) is 6.92 Å². The lowest BCUT2D eigenvalue weighted by atomic mass is 10.2. The molecule has 1 N–H and O–H groups in total. The summed E-state index contributed by atoms with van der Waals surface area (Å²) in [5.41, 5.74) is 1.34. The number of carbonyl (C=O) groups excluding carboxylic acids is 1. The molecule has 1 aromatic carbocycles. The summed E-state index contributed by atoms with van der Waals surface area (Å²) in [6.45, 7) is 2.06. The summed E-state index contributed by atoms with van der Waals surface area (Å²) >= 11 is 0. The smallest absolute Gasteiger partial charge is 0.406 e. The third kappa shape index (κ3) is 4.82. The van der Waals surface area contributed by atoms with Gasteiger partial charge in [-0.3, -0.25) is 4.31 Å². The van der Waals surface area contributed by atoms with Crippen LogP contribution < -0.4 is 14.4 Å². The summed E-state index contributed by atoms with van der Waals surface area (Å²) in [5, 5.41) is 2.45. The molecular weight excluding hydrogens is 296 g/mol. The standard InChI is InChI=1S/C13H20N2O5S/c1-10-5-6-12(19-2)11(9-10)15(21(4,17)18)8-7-14-13(16)20-3/h5-6,9H,7-8H2,1-4H3,(H,14,16). The largest absolute Gasteiger partial charge is 0.495 e. The Balaban J connectivity index is 3.04. The lowest BCUT2D eigenvalue weighted by Gasteiger charge is -2.24. The quantitative estimate of drug-likeness (QED) is 0.850. The molecule has 0 spiro atoms. The molecular formula is C13H20N2O5S. The zero-order chi connectivity index (χ0) is 16.0. The van der Waals surface area contributed by atoms with Crippen LogP contribution >= 0.6 is 0 Å². The molecule has 0 saturated heterocycles. The highest BCUT2D eigenvalue weighted by molar-refractivity contribution is 7.92. The normalized spacial score (nSPS) is 10.9. The Morgan fingerprint density at radius 3 is 2.52 bits per heavy atom. The third-order valence-electron chi connectivity index (χ3n) is 2.77. The van der Waals surface area contributed by atoms with E-state index in [1.165, 1.54) is 18.5 Å². The average molecular weight is 316 g/mol. The number of carbonyl (C=O) groups is 1. The fraction of sp³-hybridized carbons (Fsp3) is 0.462. The fourth-order valence-electron chi connectivity index (χ4n) is 1.79. The predicted molar refractivity (Wildman–Crippen MR) is 80.3 cm³/mol. The monoisotopic (exact) mass is 316 g/mol. The van der Waals surface area contributed by atoms with Crippen LogP contribution in [0.25, 0.3) is 0 Å². The summed E-state index contributed by atoms with van der Waals surface area (Å²) in [7, 11) is -0.794. The minimum absolute atomic E-state index is 0.0771. The molecule has 0 aliphatic heterocycles. The first kappa shape index (κ1) is 17.1. The molecule has 1 rings (SSSR count). The van der Waals surface area contributed by atoms with E-state index >= 15 is 0 Å². The van der Waals surface area contributed by atoms with Gasteiger partial charge in [0, 0.05) is 6.54 Å². The van der Waals surface area contributed by atoms with E-state index in [0.29, 0.717) is 11.4 Å². The lowest BCUT2D eigenvalue weighted by molar-refractivity contribution is 0.171. The van der Waals surface area contributed by atoms with Crippen LogP contribution in [0.4, 0.5) is 10.5 Å². The number of sulfonamides is 1.